The molecule has 0 bridgehead atoms. The quantitative estimate of drug-likeness (QED) is 0.854. The van der Waals surface area contributed by atoms with Crippen LogP contribution >= 0.6 is 0 Å². The van der Waals surface area contributed by atoms with Crippen LogP contribution in [0.2, 0.25) is 0 Å². The monoisotopic (exact) mass is 318 g/mol. The summed E-state index contributed by atoms with van der Waals surface area (Å²) in [4.78, 5) is 24.5. The van der Waals surface area contributed by atoms with E-state index in [0.717, 1.165) is 0 Å². The van der Waals surface area contributed by atoms with E-state index in [1.807, 2.05) is 0 Å². The molecule has 1 N–H and O–H groups in total. The zero-order valence-electron chi connectivity index (χ0n) is 13.2. The van der Waals surface area contributed by atoms with Crippen molar-refractivity contribution in [1.29, 1.82) is 0 Å². The molecule has 0 fully saturated rings. The molecular weight excluding hydrogens is 300 g/mol. The number of hydrogen-bond donors (Lipinski definition) is 1. The molecule has 2 rings (SSSR count). The molecule has 2 aliphatic rings. The maximum absolute atomic E-state index is 12.3. The summed E-state index contributed by atoms with van der Waals surface area (Å²) in [6.45, 7) is 3.60. The van der Waals surface area contributed by atoms with Gasteiger partial charge >= 0.3 is 11.9 Å². The van der Waals surface area contributed by atoms with Gasteiger partial charge in [0.05, 0.1) is 20.3 Å². The zero-order valence-corrected chi connectivity index (χ0v) is 13.2. The second-order valence-corrected chi connectivity index (χ2v) is 4.61. The molecule has 0 spiro atoms. The number of ether oxygens (including phenoxy) is 3. The lowest BCUT2D eigenvalue weighted by atomic mass is 10.1. The summed E-state index contributed by atoms with van der Waals surface area (Å²) in [5, 5.41) is 10.5. The van der Waals surface area contributed by atoms with E-state index >= 15 is 0 Å². The lowest BCUT2D eigenvalue weighted by Crippen LogP contribution is -2.06. The maximum Gasteiger partial charge on any atom is 0.342 e. The van der Waals surface area contributed by atoms with Crippen molar-refractivity contribution in [3.8, 4) is 22.6 Å². The van der Waals surface area contributed by atoms with Gasteiger partial charge in [-0.05, 0) is 19.9 Å². The van der Waals surface area contributed by atoms with Crippen LogP contribution in [0.3, 0.4) is 0 Å². The standard InChI is InChI=1S/C17H18O6/c1-4-22-16(19)13-10-8-6-7-9-11(21-3)12(10)14(15(13)18)17(20)23-5-2/h6-9,18H,4-5H2,1-3H3. The molecule has 122 valence electrons. The fourth-order valence-electron chi connectivity index (χ4n) is 2.41. The van der Waals surface area contributed by atoms with Crippen molar-refractivity contribution in [3.05, 3.63) is 35.4 Å². The summed E-state index contributed by atoms with van der Waals surface area (Å²) in [6.07, 6.45) is 0. The van der Waals surface area contributed by atoms with Gasteiger partial charge in [-0.1, -0.05) is 18.2 Å². The molecule has 0 unspecified atom stereocenters. The van der Waals surface area contributed by atoms with E-state index in [-0.39, 0.29) is 24.3 Å². The van der Waals surface area contributed by atoms with E-state index in [9.17, 15) is 14.7 Å². The Morgan fingerprint density at radius 1 is 1.00 bits per heavy atom. The van der Waals surface area contributed by atoms with Crippen molar-refractivity contribution in [1.82, 2.24) is 0 Å². The van der Waals surface area contributed by atoms with Crippen LogP contribution in [0.5, 0.6) is 11.5 Å². The first-order valence-corrected chi connectivity index (χ1v) is 7.22. The fraction of sp³-hybridized carbons (Fsp3) is 0.294. The number of hydrogen-bond acceptors (Lipinski definition) is 6. The van der Waals surface area contributed by atoms with Gasteiger partial charge < -0.3 is 19.3 Å². The van der Waals surface area contributed by atoms with Crippen LogP contribution < -0.4 is 4.74 Å². The highest BCUT2D eigenvalue weighted by molar-refractivity contribution is 6.13. The fourth-order valence-corrected chi connectivity index (χ4v) is 2.41. The Morgan fingerprint density at radius 3 is 2.13 bits per heavy atom. The highest BCUT2D eigenvalue weighted by Gasteiger charge is 2.34. The molecular formula is C17H18O6. The van der Waals surface area contributed by atoms with E-state index in [1.54, 1.807) is 38.1 Å². The number of fused-ring (bicyclic) bond motifs is 1. The minimum atomic E-state index is -0.727. The molecule has 23 heavy (non-hydrogen) atoms. The lowest BCUT2D eigenvalue weighted by Gasteiger charge is -2.06. The number of rotatable bonds is 5. The van der Waals surface area contributed by atoms with Crippen molar-refractivity contribution in [2.45, 2.75) is 13.8 Å². The van der Waals surface area contributed by atoms with E-state index in [0.29, 0.717) is 16.9 Å². The third-order valence-corrected chi connectivity index (χ3v) is 3.31. The molecule has 0 aromatic heterocycles. The molecule has 0 heterocycles. The summed E-state index contributed by atoms with van der Waals surface area (Å²) in [6, 6.07) is 6.65. The molecule has 0 amide bonds. The highest BCUT2D eigenvalue weighted by atomic mass is 16.5. The molecule has 0 radical (unpaired) electrons. The Hall–Kier alpha value is -2.76. The molecule has 0 aliphatic heterocycles. The van der Waals surface area contributed by atoms with Crippen LogP contribution in [-0.4, -0.2) is 37.4 Å². The number of carbonyl (C=O) groups is 2. The topological polar surface area (TPSA) is 82.1 Å². The van der Waals surface area contributed by atoms with Crippen molar-refractivity contribution in [2.24, 2.45) is 0 Å². The van der Waals surface area contributed by atoms with Crippen LogP contribution in [0.15, 0.2) is 24.3 Å². The molecule has 0 aromatic rings. The van der Waals surface area contributed by atoms with E-state index in [1.165, 1.54) is 7.11 Å². The largest absolute Gasteiger partial charge is 0.506 e. The molecule has 0 saturated heterocycles. The van der Waals surface area contributed by atoms with Gasteiger partial charge in [0.2, 0.25) is 0 Å². The van der Waals surface area contributed by atoms with Crippen molar-refractivity contribution in [2.75, 3.05) is 20.3 Å². The van der Waals surface area contributed by atoms with Crippen molar-refractivity contribution in [3.63, 3.8) is 0 Å². The van der Waals surface area contributed by atoms with E-state index in [4.69, 9.17) is 14.2 Å². The van der Waals surface area contributed by atoms with Gasteiger partial charge in [0.15, 0.2) is 0 Å². The van der Waals surface area contributed by atoms with Gasteiger partial charge in [-0.25, -0.2) is 9.59 Å². The minimum Gasteiger partial charge on any atom is -0.506 e. The van der Waals surface area contributed by atoms with Crippen molar-refractivity contribution < 1.29 is 28.9 Å². The Morgan fingerprint density at radius 2 is 1.57 bits per heavy atom. The predicted octanol–water partition coefficient (Wildman–Crippen LogP) is 2.86. The average molecular weight is 318 g/mol. The van der Waals surface area contributed by atoms with E-state index in [2.05, 4.69) is 0 Å². The Kier molecular flexibility index (Phi) is 5.05. The van der Waals surface area contributed by atoms with Crippen LogP contribution in [0.4, 0.5) is 0 Å². The third kappa shape index (κ3) is 2.92. The van der Waals surface area contributed by atoms with Crippen molar-refractivity contribution >= 4 is 11.9 Å². The lowest BCUT2D eigenvalue weighted by molar-refractivity contribution is 0.0524. The van der Waals surface area contributed by atoms with Gasteiger partial charge in [0.1, 0.15) is 22.6 Å². The van der Waals surface area contributed by atoms with Crippen LogP contribution in [0.25, 0.3) is 11.1 Å². The first-order valence-electron chi connectivity index (χ1n) is 7.22. The summed E-state index contributed by atoms with van der Waals surface area (Å²) >= 11 is 0. The highest BCUT2D eigenvalue weighted by Crippen LogP contribution is 2.46. The maximum atomic E-state index is 12.3. The smallest absolute Gasteiger partial charge is 0.342 e. The molecule has 2 aliphatic carbocycles. The number of methoxy groups -OCH3 is 1. The van der Waals surface area contributed by atoms with Gasteiger partial charge in [-0.2, -0.15) is 0 Å². The van der Waals surface area contributed by atoms with Gasteiger partial charge in [0.25, 0.3) is 0 Å². The molecule has 0 saturated carbocycles. The molecule has 6 heteroatoms. The third-order valence-electron chi connectivity index (χ3n) is 3.31. The molecule has 0 atom stereocenters. The first kappa shape index (κ1) is 16.6. The van der Waals surface area contributed by atoms with Gasteiger partial charge in [-0.3, -0.25) is 0 Å². The van der Waals surface area contributed by atoms with Crippen LogP contribution in [0.1, 0.15) is 34.6 Å². The summed E-state index contributed by atoms with van der Waals surface area (Å²) in [7, 11) is 1.44. The summed E-state index contributed by atoms with van der Waals surface area (Å²) < 4.78 is 15.3. The van der Waals surface area contributed by atoms with Crippen LogP contribution in [-0.2, 0) is 9.47 Å². The summed E-state index contributed by atoms with van der Waals surface area (Å²) in [5.74, 6) is -1.55. The second-order valence-electron chi connectivity index (χ2n) is 4.61. The minimum absolute atomic E-state index is 0.0700. The Labute approximate surface area is 133 Å². The second kappa shape index (κ2) is 7.00. The average Bonchev–Trinajstić information content (AvgIpc) is 2.66. The summed E-state index contributed by atoms with van der Waals surface area (Å²) in [5.41, 5.74) is 0.514. The van der Waals surface area contributed by atoms with Crippen LogP contribution in [0, 0.1) is 0 Å². The molecule has 6 nitrogen and oxygen atoms in total. The predicted molar refractivity (Wildman–Crippen MR) is 83.2 cm³/mol. The Bertz CT molecular complexity index is 707. The number of esters is 2. The normalized spacial score (nSPS) is 10.4. The number of aromatic hydroxyl groups is 1. The van der Waals surface area contributed by atoms with Gasteiger partial charge in [-0.15, -0.1) is 0 Å². The van der Waals surface area contributed by atoms with E-state index < -0.39 is 17.7 Å². The SMILES string of the molecule is CCOC(=O)c1c2ccccc(OC)c-2c(C(=O)OCC)c1O. The zero-order chi connectivity index (χ0) is 17.0. The van der Waals surface area contributed by atoms with Gasteiger partial charge in [0, 0.05) is 11.1 Å². The molecule has 0 aromatic carbocycles. The first-order chi connectivity index (χ1) is 11.1. The number of carbonyl (C=O) groups excluding carboxylic acids is 2. The Balaban J connectivity index is 2.80.